The summed E-state index contributed by atoms with van der Waals surface area (Å²) < 4.78 is 2.25. The minimum absolute atomic E-state index is 0.295. The van der Waals surface area contributed by atoms with Crippen molar-refractivity contribution < 1.29 is 0 Å². The summed E-state index contributed by atoms with van der Waals surface area (Å²) in [5.41, 5.74) is 7.32. The predicted molar refractivity (Wildman–Crippen MR) is 82.7 cm³/mol. The van der Waals surface area contributed by atoms with Gasteiger partial charge in [0.1, 0.15) is 0 Å². The molecular formula is C15H29N5. The lowest BCUT2D eigenvalue weighted by Gasteiger charge is -2.39. The van der Waals surface area contributed by atoms with Crippen LogP contribution in [-0.2, 0) is 0 Å². The van der Waals surface area contributed by atoms with Crippen molar-refractivity contribution in [3.05, 3.63) is 18.2 Å². The van der Waals surface area contributed by atoms with Gasteiger partial charge in [-0.3, -0.25) is 4.90 Å². The first-order valence-electron chi connectivity index (χ1n) is 7.85. The zero-order valence-electron chi connectivity index (χ0n) is 13.1. The van der Waals surface area contributed by atoms with Crippen LogP contribution in [0.25, 0.3) is 0 Å². The van der Waals surface area contributed by atoms with E-state index < -0.39 is 0 Å². The summed E-state index contributed by atoms with van der Waals surface area (Å²) in [5.74, 6) is 0. The summed E-state index contributed by atoms with van der Waals surface area (Å²) in [6, 6.07) is 0.728. The number of nitrogens with zero attached hydrogens (tertiary/aromatic N) is 4. The standard InChI is InChI=1S/C15H29N5/c1-4-5-18-6-8-19(9-7-18)14(10-16)15-11-17-12-20(15)13(2)3/h11-14H,4-10,16H2,1-3H3. The smallest absolute Gasteiger partial charge is 0.0951 e. The fourth-order valence-electron chi connectivity index (χ4n) is 3.08. The summed E-state index contributed by atoms with van der Waals surface area (Å²) >= 11 is 0. The molecule has 1 aliphatic rings. The van der Waals surface area contributed by atoms with Gasteiger partial charge in [-0.15, -0.1) is 0 Å². The van der Waals surface area contributed by atoms with Gasteiger partial charge in [-0.1, -0.05) is 6.92 Å². The van der Waals surface area contributed by atoms with E-state index in [1.165, 1.54) is 18.7 Å². The Morgan fingerprint density at radius 3 is 2.50 bits per heavy atom. The molecule has 1 unspecified atom stereocenters. The molecule has 0 aliphatic carbocycles. The van der Waals surface area contributed by atoms with Crippen molar-refractivity contribution in [3.8, 4) is 0 Å². The largest absolute Gasteiger partial charge is 0.331 e. The van der Waals surface area contributed by atoms with E-state index >= 15 is 0 Å². The predicted octanol–water partition coefficient (Wildman–Crippen LogP) is 1.49. The molecule has 1 aromatic heterocycles. The number of imidazole rings is 1. The van der Waals surface area contributed by atoms with Gasteiger partial charge in [-0.25, -0.2) is 4.98 Å². The Morgan fingerprint density at radius 2 is 1.95 bits per heavy atom. The van der Waals surface area contributed by atoms with Crippen molar-refractivity contribution in [1.29, 1.82) is 0 Å². The number of hydrogen-bond donors (Lipinski definition) is 1. The lowest BCUT2D eigenvalue weighted by Crippen LogP contribution is -2.49. The van der Waals surface area contributed by atoms with E-state index in [2.05, 4.69) is 40.1 Å². The lowest BCUT2D eigenvalue weighted by atomic mass is 10.1. The third-order valence-electron chi connectivity index (χ3n) is 4.20. The number of aromatic nitrogens is 2. The van der Waals surface area contributed by atoms with E-state index in [1.54, 1.807) is 0 Å². The van der Waals surface area contributed by atoms with Crippen molar-refractivity contribution in [2.75, 3.05) is 39.3 Å². The molecule has 2 N–H and O–H groups in total. The fourth-order valence-corrected chi connectivity index (χ4v) is 3.08. The van der Waals surface area contributed by atoms with Crippen LogP contribution in [0.3, 0.4) is 0 Å². The maximum absolute atomic E-state index is 6.06. The molecule has 0 aromatic carbocycles. The van der Waals surface area contributed by atoms with Gasteiger partial charge in [-0.2, -0.15) is 0 Å². The van der Waals surface area contributed by atoms with Gasteiger partial charge in [0.2, 0.25) is 0 Å². The topological polar surface area (TPSA) is 50.3 Å². The number of rotatable bonds is 6. The second-order valence-corrected chi connectivity index (χ2v) is 5.95. The second kappa shape index (κ2) is 7.20. The summed E-state index contributed by atoms with van der Waals surface area (Å²) in [5, 5.41) is 0. The van der Waals surface area contributed by atoms with Crippen molar-refractivity contribution >= 4 is 0 Å². The van der Waals surface area contributed by atoms with Gasteiger partial charge < -0.3 is 15.2 Å². The van der Waals surface area contributed by atoms with E-state index in [0.717, 1.165) is 26.2 Å². The molecule has 1 atom stereocenters. The molecular weight excluding hydrogens is 250 g/mol. The molecule has 0 amide bonds. The molecule has 0 spiro atoms. The van der Waals surface area contributed by atoms with E-state index in [4.69, 9.17) is 5.73 Å². The highest BCUT2D eigenvalue weighted by molar-refractivity contribution is 5.08. The first kappa shape index (κ1) is 15.5. The molecule has 5 nitrogen and oxygen atoms in total. The Balaban J connectivity index is 2.04. The van der Waals surface area contributed by atoms with Crippen LogP contribution in [0, 0.1) is 0 Å². The van der Waals surface area contributed by atoms with Crippen LogP contribution in [-0.4, -0.2) is 58.6 Å². The number of nitrogens with two attached hydrogens (primary N) is 1. The Labute approximate surface area is 122 Å². The van der Waals surface area contributed by atoms with Crippen LogP contribution in [0.5, 0.6) is 0 Å². The lowest BCUT2D eigenvalue weighted by molar-refractivity contribution is 0.0951. The van der Waals surface area contributed by atoms with Crippen LogP contribution in [0.1, 0.15) is 45.0 Å². The van der Waals surface area contributed by atoms with Gasteiger partial charge in [0.05, 0.1) is 18.1 Å². The monoisotopic (exact) mass is 279 g/mol. The summed E-state index contributed by atoms with van der Waals surface area (Å²) in [6.45, 7) is 13.0. The van der Waals surface area contributed by atoms with Crippen LogP contribution < -0.4 is 5.73 Å². The van der Waals surface area contributed by atoms with Gasteiger partial charge in [0, 0.05) is 45.0 Å². The van der Waals surface area contributed by atoms with Gasteiger partial charge in [-0.05, 0) is 26.8 Å². The average molecular weight is 279 g/mol. The molecule has 0 radical (unpaired) electrons. The van der Waals surface area contributed by atoms with E-state index in [0.29, 0.717) is 18.6 Å². The van der Waals surface area contributed by atoms with Crippen LogP contribution in [0.15, 0.2) is 12.5 Å². The molecule has 5 heteroatoms. The van der Waals surface area contributed by atoms with E-state index in [-0.39, 0.29) is 0 Å². The third kappa shape index (κ3) is 3.40. The highest BCUT2D eigenvalue weighted by Crippen LogP contribution is 2.23. The first-order valence-corrected chi connectivity index (χ1v) is 7.85. The normalized spacial score (nSPS) is 19.6. The van der Waals surface area contributed by atoms with E-state index in [1.807, 2.05) is 12.5 Å². The molecule has 2 rings (SSSR count). The van der Waals surface area contributed by atoms with Gasteiger partial charge in [0.25, 0.3) is 0 Å². The molecule has 0 bridgehead atoms. The Kier molecular flexibility index (Phi) is 5.57. The second-order valence-electron chi connectivity index (χ2n) is 5.95. The highest BCUT2D eigenvalue weighted by Gasteiger charge is 2.26. The van der Waals surface area contributed by atoms with Crippen molar-refractivity contribution in [1.82, 2.24) is 19.4 Å². The SMILES string of the molecule is CCCN1CCN(C(CN)c2cncn2C(C)C)CC1. The molecule has 1 aliphatic heterocycles. The summed E-state index contributed by atoms with van der Waals surface area (Å²) in [4.78, 5) is 9.38. The maximum Gasteiger partial charge on any atom is 0.0951 e. The molecule has 1 aromatic rings. The zero-order valence-corrected chi connectivity index (χ0v) is 13.1. The van der Waals surface area contributed by atoms with Crippen LogP contribution in [0.2, 0.25) is 0 Å². The minimum Gasteiger partial charge on any atom is -0.331 e. The molecule has 20 heavy (non-hydrogen) atoms. The Morgan fingerprint density at radius 1 is 1.25 bits per heavy atom. The molecule has 114 valence electrons. The Bertz CT molecular complexity index is 393. The zero-order chi connectivity index (χ0) is 14.5. The average Bonchev–Trinajstić information content (AvgIpc) is 2.91. The molecule has 1 saturated heterocycles. The van der Waals surface area contributed by atoms with Crippen molar-refractivity contribution in [2.24, 2.45) is 5.73 Å². The quantitative estimate of drug-likeness (QED) is 0.857. The van der Waals surface area contributed by atoms with Crippen molar-refractivity contribution in [3.63, 3.8) is 0 Å². The third-order valence-corrected chi connectivity index (χ3v) is 4.20. The van der Waals surface area contributed by atoms with Gasteiger partial charge in [0.15, 0.2) is 0 Å². The molecule has 0 saturated carbocycles. The highest BCUT2D eigenvalue weighted by atomic mass is 15.3. The van der Waals surface area contributed by atoms with Crippen LogP contribution >= 0.6 is 0 Å². The summed E-state index contributed by atoms with van der Waals surface area (Å²) in [7, 11) is 0. The maximum atomic E-state index is 6.06. The minimum atomic E-state index is 0.295. The van der Waals surface area contributed by atoms with Crippen LogP contribution in [0.4, 0.5) is 0 Å². The van der Waals surface area contributed by atoms with Crippen molar-refractivity contribution in [2.45, 2.75) is 39.3 Å². The number of hydrogen-bond acceptors (Lipinski definition) is 4. The molecule has 1 fully saturated rings. The molecule has 2 heterocycles. The number of piperazine rings is 1. The van der Waals surface area contributed by atoms with Gasteiger partial charge >= 0.3 is 0 Å². The summed E-state index contributed by atoms with van der Waals surface area (Å²) in [6.07, 6.45) is 5.15. The Hall–Kier alpha value is -0.910. The van der Waals surface area contributed by atoms with E-state index in [9.17, 15) is 0 Å². The first-order chi connectivity index (χ1) is 9.67. The fraction of sp³-hybridized carbons (Fsp3) is 0.800.